The van der Waals surface area contributed by atoms with Gasteiger partial charge in [-0.1, -0.05) is 0 Å². The largest absolute Gasteiger partial charge is 0.478 e. The third-order valence-electron chi connectivity index (χ3n) is 3.34. The summed E-state index contributed by atoms with van der Waals surface area (Å²) in [6, 6.07) is 1.62. The number of furan rings is 1. The summed E-state index contributed by atoms with van der Waals surface area (Å²) in [4.78, 5) is 13.3. The van der Waals surface area contributed by atoms with Crippen LogP contribution in [-0.2, 0) is 11.3 Å². The van der Waals surface area contributed by atoms with Gasteiger partial charge in [-0.05, 0) is 40.7 Å². The van der Waals surface area contributed by atoms with Crippen molar-refractivity contribution < 1.29 is 19.1 Å². The highest BCUT2D eigenvalue weighted by Crippen LogP contribution is 2.29. The molecule has 1 aliphatic rings. The Bertz CT molecular complexity index is 500. The summed E-state index contributed by atoms with van der Waals surface area (Å²) in [6.07, 6.45) is 0. The Kier molecular flexibility index (Phi) is 3.69. The van der Waals surface area contributed by atoms with E-state index in [2.05, 4.69) is 32.6 Å². The predicted octanol–water partition coefficient (Wildman–Crippen LogP) is 2.68. The van der Waals surface area contributed by atoms with Gasteiger partial charge in [0.1, 0.15) is 17.1 Å². The molecule has 1 aromatic rings. The second kappa shape index (κ2) is 4.90. The Balaban J connectivity index is 2.13. The number of hydrogen-bond donors (Lipinski definition) is 1. The molecule has 1 saturated heterocycles. The normalized spacial score (nSPS) is 21.9. The van der Waals surface area contributed by atoms with Crippen LogP contribution in [0.4, 0.5) is 0 Å². The molecule has 0 saturated carbocycles. The molecule has 0 amide bonds. The number of aromatic carboxylic acids is 1. The maximum atomic E-state index is 11.0. The average Bonchev–Trinajstić information content (AvgIpc) is 2.54. The summed E-state index contributed by atoms with van der Waals surface area (Å²) in [7, 11) is 0. The molecule has 0 bridgehead atoms. The average molecular weight is 281 g/mol. The van der Waals surface area contributed by atoms with E-state index in [-0.39, 0.29) is 16.8 Å². The molecule has 2 rings (SSSR count). The zero-order valence-corrected chi connectivity index (χ0v) is 12.8. The first-order chi connectivity index (χ1) is 9.08. The molecule has 0 aliphatic carbocycles. The van der Waals surface area contributed by atoms with Crippen LogP contribution < -0.4 is 0 Å². The van der Waals surface area contributed by atoms with E-state index in [0.29, 0.717) is 18.1 Å². The SMILES string of the molecule is Cc1oc(CN2CC(C)(C)OC(C)(C)C2)cc1C(=O)O. The first-order valence-corrected chi connectivity index (χ1v) is 6.83. The summed E-state index contributed by atoms with van der Waals surface area (Å²) in [5, 5.41) is 9.06. The zero-order chi connectivity index (χ0) is 15.1. The third-order valence-corrected chi connectivity index (χ3v) is 3.34. The van der Waals surface area contributed by atoms with Crippen molar-refractivity contribution in [2.45, 2.75) is 52.4 Å². The molecule has 1 fully saturated rings. The lowest BCUT2D eigenvalue weighted by Gasteiger charge is -2.47. The summed E-state index contributed by atoms with van der Waals surface area (Å²) >= 11 is 0. The Morgan fingerprint density at radius 2 is 1.85 bits per heavy atom. The lowest BCUT2D eigenvalue weighted by molar-refractivity contribution is -0.182. The van der Waals surface area contributed by atoms with E-state index in [1.165, 1.54) is 0 Å². The van der Waals surface area contributed by atoms with E-state index in [4.69, 9.17) is 14.3 Å². The number of carboxylic acids is 1. The molecule has 20 heavy (non-hydrogen) atoms. The number of rotatable bonds is 3. The van der Waals surface area contributed by atoms with Gasteiger partial charge in [0.25, 0.3) is 0 Å². The van der Waals surface area contributed by atoms with Gasteiger partial charge < -0.3 is 14.3 Å². The number of ether oxygens (including phenoxy) is 1. The van der Waals surface area contributed by atoms with Crippen molar-refractivity contribution in [3.05, 3.63) is 23.2 Å². The van der Waals surface area contributed by atoms with Gasteiger partial charge in [-0.2, -0.15) is 0 Å². The molecule has 5 nitrogen and oxygen atoms in total. The number of carbonyl (C=O) groups is 1. The molecule has 112 valence electrons. The van der Waals surface area contributed by atoms with Gasteiger partial charge in [-0.25, -0.2) is 4.79 Å². The predicted molar refractivity (Wildman–Crippen MR) is 74.9 cm³/mol. The Morgan fingerprint density at radius 3 is 2.30 bits per heavy atom. The van der Waals surface area contributed by atoms with E-state index >= 15 is 0 Å². The minimum atomic E-state index is -0.944. The molecule has 0 radical (unpaired) electrons. The molecular formula is C15H23NO4. The van der Waals surface area contributed by atoms with Gasteiger partial charge in [0.2, 0.25) is 0 Å². The second-order valence-electron chi connectivity index (χ2n) is 6.75. The van der Waals surface area contributed by atoms with E-state index in [1.54, 1.807) is 13.0 Å². The van der Waals surface area contributed by atoms with Crippen molar-refractivity contribution >= 4 is 5.97 Å². The minimum Gasteiger partial charge on any atom is -0.478 e. The number of carboxylic acid groups (broad SMARTS) is 1. The van der Waals surface area contributed by atoms with E-state index in [0.717, 1.165) is 13.1 Å². The summed E-state index contributed by atoms with van der Waals surface area (Å²) < 4.78 is 11.6. The summed E-state index contributed by atoms with van der Waals surface area (Å²) in [5.41, 5.74) is -0.204. The maximum absolute atomic E-state index is 11.0. The van der Waals surface area contributed by atoms with Crippen LogP contribution in [0.25, 0.3) is 0 Å². The highest BCUT2D eigenvalue weighted by Gasteiger charge is 2.38. The molecule has 0 unspecified atom stereocenters. The van der Waals surface area contributed by atoms with Gasteiger partial charge in [-0.3, -0.25) is 4.90 Å². The van der Waals surface area contributed by atoms with Crippen molar-refractivity contribution in [1.29, 1.82) is 0 Å². The monoisotopic (exact) mass is 281 g/mol. The van der Waals surface area contributed by atoms with Crippen molar-refractivity contribution in [1.82, 2.24) is 4.90 Å². The molecule has 5 heteroatoms. The molecule has 1 aromatic heterocycles. The smallest absolute Gasteiger partial charge is 0.339 e. The van der Waals surface area contributed by atoms with Crippen LogP contribution in [0.1, 0.15) is 49.6 Å². The summed E-state index contributed by atoms with van der Waals surface area (Å²) in [6.45, 7) is 12.1. The first-order valence-electron chi connectivity index (χ1n) is 6.83. The fraction of sp³-hybridized carbons (Fsp3) is 0.667. The lowest BCUT2D eigenvalue weighted by Crippen LogP contribution is -2.56. The van der Waals surface area contributed by atoms with E-state index in [1.807, 2.05) is 0 Å². The fourth-order valence-electron chi connectivity index (χ4n) is 3.11. The van der Waals surface area contributed by atoms with Crippen molar-refractivity contribution in [3.63, 3.8) is 0 Å². The quantitative estimate of drug-likeness (QED) is 0.923. The Hall–Kier alpha value is -1.33. The fourth-order valence-corrected chi connectivity index (χ4v) is 3.11. The zero-order valence-electron chi connectivity index (χ0n) is 12.8. The second-order valence-corrected chi connectivity index (χ2v) is 6.75. The van der Waals surface area contributed by atoms with Gasteiger partial charge in [0.05, 0.1) is 17.7 Å². The third kappa shape index (κ3) is 3.41. The van der Waals surface area contributed by atoms with Crippen LogP contribution in [0, 0.1) is 6.92 Å². The number of nitrogens with zero attached hydrogens (tertiary/aromatic N) is 1. The van der Waals surface area contributed by atoms with Crippen LogP contribution in [0.15, 0.2) is 10.5 Å². The minimum absolute atomic E-state index is 0.223. The van der Waals surface area contributed by atoms with Crippen LogP contribution in [0.3, 0.4) is 0 Å². The standard InChI is InChI=1S/C15H23NO4/c1-10-12(13(17)18)6-11(19-10)7-16-8-14(2,3)20-15(4,5)9-16/h6H,7-9H2,1-5H3,(H,17,18). The number of morpholine rings is 1. The van der Waals surface area contributed by atoms with Crippen LogP contribution >= 0.6 is 0 Å². The Labute approximate surface area is 119 Å². The van der Waals surface area contributed by atoms with Gasteiger partial charge >= 0.3 is 5.97 Å². The van der Waals surface area contributed by atoms with E-state index in [9.17, 15) is 4.79 Å². The van der Waals surface area contributed by atoms with Crippen LogP contribution in [-0.4, -0.2) is 40.3 Å². The summed E-state index contributed by atoms with van der Waals surface area (Å²) in [5.74, 6) is 0.202. The number of hydrogen-bond acceptors (Lipinski definition) is 4. The van der Waals surface area contributed by atoms with Gasteiger partial charge in [-0.15, -0.1) is 0 Å². The van der Waals surface area contributed by atoms with Crippen molar-refractivity contribution in [3.8, 4) is 0 Å². The Morgan fingerprint density at radius 1 is 1.30 bits per heavy atom. The topological polar surface area (TPSA) is 62.9 Å². The highest BCUT2D eigenvalue weighted by molar-refractivity contribution is 5.88. The molecule has 1 aliphatic heterocycles. The van der Waals surface area contributed by atoms with Gasteiger partial charge in [0, 0.05) is 13.1 Å². The van der Waals surface area contributed by atoms with Crippen LogP contribution in [0.2, 0.25) is 0 Å². The molecule has 0 aromatic carbocycles. The molecule has 1 N–H and O–H groups in total. The molecule has 0 atom stereocenters. The highest BCUT2D eigenvalue weighted by atomic mass is 16.5. The lowest BCUT2D eigenvalue weighted by atomic mass is 9.99. The van der Waals surface area contributed by atoms with Gasteiger partial charge in [0.15, 0.2) is 0 Å². The number of aryl methyl sites for hydroxylation is 1. The molecule has 0 spiro atoms. The van der Waals surface area contributed by atoms with Crippen LogP contribution in [0.5, 0.6) is 0 Å². The maximum Gasteiger partial charge on any atom is 0.339 e. The molecular weight excluding hydrogens is 258 g/mol. The van der Waals surface area contributed by atoms with E-state index < -0.39 is 5.97 Å². The molecule has 2 heterocycles. The first kappa shape index (κ1) is 15.1. The van der Waals surface area contributed by atoms with Crippen molar-refractivity contribution in [2.24, 2.45) is 0 Å². The van der Waals surface area contributed by atoms with Crippen molar-refractivity contribution in [2.75, 3.05) is 13.1 Å².